The molecular formula is C20H22N2O4S. The fraction of sp³-hybridized carbons (Fsp3) is 0.400. The number of amides is 2. The summed E-state index contributed by atoms with van der Waals surface area (Å²) >= 11 is 1.58. The van der Waals surface area contributed by atoms with Crippen LogP contribution in [0.4, 0.5) is 0 Å². The smallest absolute Gasteiger partial charge is 0.246 e. The van der Waals surface area contributed by atoms with Crippen LogP contribution in [-0.4, -0.2) is 42.5 Å². The second-order valence-electron chi connectivity index (χ2n) is 6.86. The predicted octanol–water partition coefficient (Wildman–Crippen LogP) is 2.53. The van der Waals surface area contributed by atoms with E-state index in [0.717, 1.165) is 11.3 Å². The summed E-state index contributed by atoms with van der Waals surface area (Å²) in [6, 6.07) is 7.54. The summed E-state index contributed by atoms with van der Waals surface area (Å²) in [7, 11) is 0. The number of hydrogen-bond donors (Lipinski definition) is 1. The summed E-state index contributed by atoms with van der Waals surface area (Å²) in [5.41, 5.74) is 0. The Kier molecular flexibility index (Phi) is 5.40. The van der Waals surface area contributed by atoms with Crippen molar-refractivity contribution in [3.8, 4) is 0 Å². The minimum absolute atomic E-state index is 0.0494. The summed E-state index contributed by atoms with van der Waals surface area (Å²) in [6.07, 6.45) is 5.77. The molecule has 2 aromatic heterocycles. The molecule has 0 saturated carbocycles. The monoisotopic (exact) mass is 386 g/mol. The van der Waals surface area contributed by atoms with E-state index in [1.807, 2.05) is 29.7 Å². The lowest BCUT2D eigenvalue weighted by molar-refractivity contribution is -0.138. The second kappa shape index (κ2) is 8.10. The summed E-state index contributed by atoms with van der Waals surface area (Å²) in [6.45, 7) is 1.96. The van der Waals surface area contributed by atoms with Crippen LogP contribution in [0.5, 0.6) is 0 Å². The third kappa shape index (κ3) is 4.14. The molecule has 0 spiro atoms. The lowest BCUT2D eigenvalue weighted by atomic mass is 9.82. The Morgan fingerprint density at radius 1 is 1.30 bits per heavy atom. The van der Waals surface area contributed by atoms with Crippen molar-refractivity contribution in [2.75, 3.05) is 19.7 Å². The number of nitrogens with one attached hydrogen (secondary N) is 1. The molecule has 2 fully saturated rings. The van der Waals surface area contributed by atoms with Crippen LogP contribution < -0.4 is 5.32 Å². The molecule has 142 valence electrons. The van der Waals surface area contributed by atoms with E-state index in [9.17, 15) is 9.59 Å². The van der Waals surface area contributed by atoms with Gasteiger partial charge in [0.05, 0.1) is 24.8 Å². The number of hydrogen-bond acceptors (Lipinski definition) is 5. The molecule has 4 heterocycles. The molecule has 6 nitrogen and oxygen atoms in total. The fourth-order valence-corrected chi connectivity index (χ4v) is 4.42. The van der Waals surface area contributed by atoms with Crippen LogP contribution in [0.1, 0.15) is 17.1 Å². The lowest BCUT2D eigenvalue weighted by Gasteiger charge is -2.38. The van der Waals surface area contributed by atoms with Gasteiger partial charge in [0.25, 0.3) is 0 Å². The van der Waals surface area contributed by atoms with Crippen LogP contribution in [0, 0.1) is 11.8 Å². The number of carbonyl (C=O) groups excluding carboxylic acids is 2. The third-order valence-electron chi connectivity index (χ3n) is 5.19. The van der Waals surface area contributed by atoms with Crippen molar-refractivity contribution in [1.82, 2.24) is 10.2 Å². The maximum Gasteiger partial charge on any atom is 0.246 e. The summed E-state index contributed by atoms with van der Waals surface area (Å²) in [4.78, 5) is 28.2. The van der Waals surface area contributed by atoms with Crippen molar-refractivity contribution in [3.05, 3.63) is 52.6 Å². The summed E-state index contributed by atoms with van der Waals surface area (Å²) in [5, 5.41) is 4.91. The van der Waals surface area contributed by atoms with Crippen molar-refractivity contribution in [2.24, 2.45) is 11.8 Å². The van der Waals surface area contributed by atoms with Crippen molar-refractivity contribution in [3.63, 3.8) is 0 Å². The number of furan rings is 1. The van der Waals surface area contributed by atoms with Crippen molar-refractivity contribution in [1.29, 1.82) is 0 Å². The minimum atomic E-state index is -0.264. The van der Waals surface area contributed by atoms with E-state index in [-0.39, 0.29) is 29.8 Å². The Bertz CT molecular complexity index is 800. The first-order chi connectivity index (χ1) is 13.2. The van der Waals surface area contributed by atoms with E-state index < -0.39 is 0 Å². The molecule has 0 aliphatic carbocycles. The quantitative estimate of drug-likeness (QED) is 0.802. The van der Waals surface area contributed by atoms with E-state index >= 15 is 0 Å². The molecule has 4 rings (SSSR count). The second-order valence-corrected chi connectivity index (χ2v) is 7.84. The van der Waals surface area contributed by atoms with Crippen molar-refractivity contribution < 1.29 is 18.7 Å². The molecule has 2 amide bonds. The van der Waals surface area contributed by atoms with Crippen LogP contribution in [0.3, 0.4) is 0 Å². The Labute approximate surface area is 161 Å². The molecule has 0 unspecified atom stereocenters. The van der Waals surface area contributed by atoms with Gasteiger partial charge in [0.2, 0.25) is 11.8 Å². The highest BCUT2D eigenvalue weighted by Crippen LogP contribution is 2.34. The molecule has 7 heteroatoms. The third-order valence-corrected chi connectivity index (χ3v) is 6.03. The largest absolute Gasteiger partial charge is 0.467 e. The molecule has 0 radical (unpaired) electrons. The van der Waals surface area contributed by atoms with E-state index in [0.29, 0.717) is 32.0 Å². The number of likely N-dealkylation sites (tertiary alicyclic amines) is 1. The average Bonchev–Trinajstić information content (AvgIpc) is 3.45. The Balaban J connectivity index is 1.42. The van der Waals surface area contributed by atoms with Crippen LogP contribution in [0.2, 0.25) is 0 Å². The molecule has 3 atom stereocenters. The fourth-order valence-electron chi connectivity index (χ4n) is 3.80. The number of fused-ring (bicyclic) bond motifs is 1. The van der Waals surface area contributed by atoms with Gasteiger partial charge in [0, 0.05) is 36.6 Å². The summed E-state index contributed by atoms with van der Waals surface area (Å²) in [5.74, 6) is 0.477. The van der Waals surface area contributed by atoms with Crippen LogP contribution in [-0.2, 0) is 20.9 Å². The standard InChI is InChI=1S/C20H22N2O4S/c23-19(6-5-15-4-2-10-27-15)22-12-17(16-7-9-26-18(16)13-22)20(24)21-11-14-3-1-8-25-14/h1-6,8,10,16-18H,7,9,11-13H2,(H,21,24)/b6-5+/t16-,17+,18+/m0/s1. The normalized spacial score (nSPS) is 24.9. The van der Waals surface area contributed by atoms with Crippen LogP contribution in [0.15, 0.2) is 46.4 Å². The topological polar surface area (TPSA) is 71.8 Å². The first-order valence-electron chi connectivity index (χ1n) is 9.13. The van der Waals surface area contributed by atoms with Gasteiger partial charge in [-0.2, -0.15) is 0 Å². The van der Waals surface area contributed by atoms with E-state index in [1.165, 1.54) is 0 Å². The van der Waals surface area contributed by atoms with Gasteiger partial charge in [0.15, 0.2) is 0 Å². The van der Waals surface area contributed by atoms with Gasteiger partial charge in [0.1, 0.15) is 5.76 Å². The van der Waals surface area contributed by atoms with E-state index in [2.05, 4.69) is 5.32 Å². The highest BCUT2D eigenvalue weighted by Gasteiger charge is 2.44. The van der Waals surface area contributed by atoms with Gasteiger partial charge in [-0.1, -0.05) is 6.07 Å². The van der Waals surface area contributed by atoms with Gasteiger partial charge < -0.3 is 19.4 Å². The van der Waals surface area contributed by atoms with Crippen molar-refractivity contribution in [2.45, 2.75) is 19.1 Å². The molecule has 1 N–H and O–H groups in total. The molecule has 0 aromatic carbocycles. The number of piperidine rings is 1. The zero-order valence-electron chi connectivity index (χ0n) is 14.9. The first kappa shape index (κ1) is 18.0. The number of rotatable bonds is 5. The molecular weight excluding hydrogens is 364 g/mol. The van der Waals surface area contributed by atoms with Gasteiger partial charge in [-0.25, -0.2) is 0 Å². The van der Waals surface area contributed by atoms with E-state index in [4.69, 9.17) is 9.15 Å². The van der Waals surface area contributed by atoms with Gasteiger partial charge in [-0.15, -0.1) is 11.3 Å². The predicted molar refractivity (Wildman–Crippen MR) is 102 cm³/mol. The van der Waals surface area contributed by atoms with E-state index in [1.54, 1.807) is 34.6 Å². The maximum absolute atomic E-state index is 12.8. The molecule has 2 aliphatic rings. The molecule has 2 aromatic rings. The zero-order valence-corrected chi connectivity index (χ0v) is 15.7. The zero-order chi connectivity index (χ0) is 18.6. The van der Waals surface area contributed by atoms with Gasteiger partial charge in [-0.3, -0.25) is 9.59 Å². The Morgan fingerprint density at radius 2 is 2.22 bits per heavy atom. The molecule has 2 saturated heterocycles. The van der Waals surface area contributed by atoms with Gasteiger partial charge in [-0.05, 0) is 36.1 Å². The number of carbonyl (C=O) groups is 2. The minimum Gasteiger partial charge on any atom is -0.467 e. The first-order valence-corrected chi connectivity index (χ1v) is 10.0. The molecule has 0 bridgehead atoms. The van der Waals surface area contributed by atoms with Crippen molar-refractivity contribution >= 4 is 29.2 Å². The lowest BCUT2D eigenvalue weighted by Crippen LogP contribution is -2.54. The Morgan fingerprint density at radius 3 is 3.00 bits per heavy atom. The average molecular weight is 386 g/mol. The number of thiophene rings is 1. The maximum atomic E-state index is 12.8. The number of nitrogens with zero attached hydrogens (tertiary/aromatic N) is 1. The van der Waals surface area contributed by atoms with Crippen LogP contribution in [0.25, 0.3) is 6.08 Å². The number of ether oxygens (including phenoxy) is 1. The van der Waals surface area contributed by atoms with Crippen LogP contribution >= 0.6 is 11.3 Å². The highest BCUT2D eigenvalue weighted by atomic mass is 32.1. The Hall–Kier alpha value is -2.38. The summed E-state index contributed by atoms with van der Waals surface area (Å²) < 4.78 is 11.1. The molecule has 2 aliphatic heterocycles. The highest BCUT2D eigenvalue weighted by molar-refractivity contribution is 7.10. The van der Waals surface area contributed by atoms with Gasteiger partial charge >= 0.3 is 0 Å². The molecule has 27 heavy (non-hydrogen) atoms. The SMILES string of the molecule is O=C(NCc1ccco1)[C@@H]1CN(C(=O)/C=C/c2cccs2)C[C@H]2OCC[C@H]21.